The number of nitrogens with zero attached hydrogens (tertiary/aromatic N) is 3. The van der Waals surface area contributed by atoms with Gasteiger partial charge in [-0.3, -0.25) is 19.8 Å². The molecule has 2 rings (SSSR count). The molecule has 18 heavy (non-hydrogen) atoms. The van der Waals surface area contributed by atoms with E-state index in [-0.39, 0.29) is 24.4 Å². The van der Waals surface area contributed by atoms with Crippen LogP contribution in [0.2, 0.25) is 0 Å². The molecule has 2 amide bonds. The lowest BCUT2D eigenvalue weighted by Gasteiger charge is -2.31. The Kier molecular flexibility index (Phi) is 4.09. The minimum atomic E-state index is -0.212. The number of carbonyl (C=O) groups excluding carboxylic acids is 2. The second-order valence-corrected chi connectivity index (χ2v) is 4.38. The molecule has 6 heteroatoms. The summed E-state index contributed by atoms with van der Waals surface area (Å²) in [6.07, 6.45) is 6.79. The van der Waals surface area contributed by atoms with Crippen LogP contribution in [0.3, 0.4) is 0 Å². The molecule has 1 aliphatic rings. The summed E-state index contributed by atoms with van der Waals surface area (Å²) < 4.78 is 1.94. The van der Waals surface area contributed by atoms with Gasteiger partial charge in [-0.05, 0) is 12.8 Å². The standard InChI is InChI=1S/C12H18N4O2/c1-2-10-12(18)16(11(17)8-14-10)6-3-5-15-7-4-13-9-15/h4,7,9-10,14H,2-3,5-6,8H2,1H3. The first-order chi connectivity index (χ1) is 8.72. The van der Waals surface area contributed by atoms with Crippen molar-refractivity contribution in [2.45, 2.75) is 32.4 Å². The van der Waals surface area contributed by atoms with Crippen LogP contribution in [0, 0.1) is 0 Å². The van der Waals surface area contributed by atoms with Crippen molar-refractivity contribution < 1.29 is 9.59 Å². The van der Waals surface area contributed by atoms with E-state index in [4.69, 9.17) is 0 Å². The highest BCUT2D eigenvalue weighted by molar-refractivity contribution is 6.01. The lowest BCUT2D eigenvalue weighted by molar-refractivity contribution is -0.149. The number of imide groups is 1. The van der Waals surface area contributed by atoms with Gasteiger partial charge in [0.2, 0.25) is 11.8 Å². The monoisotopic (exact) mass is 250 g/mol. The molecule has 1 aromatic rings. The van der Waals surface area contributed by atoms with E-state index in [2.05, 4.69) is 10.3 Å². The van der Waals surface area contributed by atoms with Crippen LogP contribution in [0.25, 0.3) is 0 Å². The number of aryl methyl sites for hydroxylation is 1. The van der Waals surface area contributed by atoms with Crippen molar-refractivity contribution in [3.8, 4) is 0 Å². The number of hydrogen-bond acceptors (Lipinski definition) is 4. The first kappa shape index (κ1) is 12.8. The van der Waals surface area contributed by atoms with Crippen molar-refractivity contribution in [2.24, 2.45) is 0 Å². The maximum Gasteiger partial charge on any atom is 0.246 e. The van der Waals surface area contributed by atoms with E-state index in [0.29, 0.717) is 13.0 Å². The predicted octanol–water partition coefficient (Wildman–Crippen LogP) is 0.0102. The molecule has 1 unspecified atom stereocenters. The molecule has 0 aliphatic carbocycles. The lowest BCUT2D eigenvalue weighted by Crippen LogP contribution is -2.58. The van der Waals surface area contributed by atoms with Crippen LogP contribution in [-0.4, -0.2) is 45.4 Å². The van der Waals surface area contributed by atoms with E-state index in [1.54, 1.807) is 12.5 Å². The first-order valence-electron chi connectivity index (χ1n) is 6.25. The summed E-state index contributed by atoms with van der Waals surface area (Å²) in [7, 11) is 0. The zero-order chi connectivity index (χ0) is 13.0. The average molecular weight is 250 g/mol. The number of rotatable bonds is 5. The van der Waals surface area contributed by atoms with E-state index in [9.17, 15) is 9.59 Å². The number of nitrogens with one attached hydrogen (secondary N) is 1. The number of amides is 2. The minimum absolute atomic E-state index is 0.0978. The first-order valence-corrected chi connectivity index (χ1v) is 6.25. The molecular formula is C12H18N4O2. The van der Waals surface area contributed by atoms with Gasteiger partial charge < -0.3 is 4.57 Å². The Hall–Kier alpha value is -1.69. The summed E-state index contributed by atoms with van der Waals surface area (Å²) in [4.78, 5) is 29.0. The van der Waals surface area contributed by atoms with E-state index < -0.39 is 0 Å². The number of piperazine rings is 1. The van der Waals surface area contributed by atoms with Gasteiger partial charge in [0.05, 0.1) is 18.9 Å². The van der Waals surface area contributed by atoms with Crippen molar-refractivity contribution in [3.63, 3.8) is 0 Å². The summed E-state index contributed by atoms with van der Waals surface area (Å²) in [6, 6.07) is -0.212. The van der Waals surface area contributed by atoms with Crippen LogP contribution in [0.4, 0.5) is 0 Å². The Morgan fingerprint density at radius 1 is 1.44 bits per heavy atom. The summed E-state index contributed by atoms with van der Waals surface area (Å²) in [5.74, 6) is -0.227. The zero-order valence-electron chi connectivity index (χ0n) is 10.5. The van der Waals surface area contributed by atoms with E-state index >= 15 is 0 Å². The fraction of sp³-hybridized carbons (Fsp3) is 0.583. The second kappa shape index (κ2) is 5.77. The molecule has 1 fully saturated rings. The summed E-state index contributed by atoms with van der Waals surface area (Å²) in [5.41, 5.74) is 0. The largest absolute Gasteiger partial charge is 0.337 e. The number of carbonyl (C=O) groups is 2. The van der Waals surface area contributed by atoms with Gasteiger partial charge in [0.25, 0.3) is 0 Å². The van der Waals surface area contributed by atoms with Crippen LogP contribution < -0.4 is 5.32 Å². The van der Waals surface area contributed by atoms with Crippen molar-refractivity contribution in [2.75, 3.05) is 13.1 Å². The molecule has 2 heterocycles. The number of hydrogen-bond donors (Lipinski definition) is 1. The molecule has 1 aromatic heterocycles. The van der Waals surface area contributed by atoms with Crippen LogP contribution in [-0.2, 0) is 16.1 Å². The van der Waals surface area contributed by atoms with Crippen molar-refractivity contribution in [1.29, 1.82) is 0 Å². The van der Waals surface area contributed by atoms with Crippen molar-refractivity contribution in [1.82, 2.24) is 19.8 Å². The second-order valence-electron chi connectivity index (χ2n) is 4.38. The highest BCUT2D eigenvalue weighted by atomic mass is 16.2. The van der Waals surface area contributed by atoms with Crippen LogP contribution in [0.1, 0.15) is 19.8 Å². The Labute approximate surface area is 106 Å². The van der Waals surface area contributed by atoms with Crippen LogP contribution in [0.15, 0.2) is 18.7 Å². The van der Waals surface area contributed by atoms with Crippen molar-refractivity contribution >= 4 is 11.8 Å². The third-order valence-corrected chi connectivity index (χ3v) is 3.13. The highest BCUT2D eigenvalue weighted by Crippen LogP contribution is 2.07. The predicted molar refractivity (Wildman–Crippen MR) is 65.6 cm³/mol. The maximum atomic E-state index is 12.0. The van der Waals surface area contributed by atoms with E-state index in [1.807, 2.05) is 17.7 Å². The molecule has 0 radical (unpaired) electrons. The zero-order valence-corrected chi connectivity index (χ0v) is 10.5. The third kappa shape index (κ3) is 2.76. The summed E-state index contributed by atoms with van der Waals surface area (Å²) >= 11 is 0. The number of aromatic nitrogens is 2. The molecule has 0 bridgehead atoms. The van der Waals surface area contributed by atoms with E-state index in [1.165, 1.54) is 4.90 Å². The molecule has 0 spiro atoms. The molecule has 1 aliphatic heterocycles. The fourth-order valence-corrected chi connectivity index (χ4v) is 2.09. The van der Waals surface area contributed by atoms with Crippen molar-refractivity contribution in [3.05, 3.63) is 18.7 Å². The molecule has 0 saturated carbocycles. The Bertz CT molecular complexity index is 416. The molecule has 98 valence electrons. The Morgan fingerprint density at radius 3 is 2.94 bits per heavy atom. The lowest BCUT2D eigenvalue weighted by atomic mass is 10.1. The van der Waals surface area contributed by atoms with Gasteiger partial charge in [-0.25, -0.2) is 4.98 Å². The maximum absolute atomic E-state index is 12.0. The topological polar surface area (TPSA) is 67.2 Å². The van der Waals surface area contributed by atoms with Gasteiger partial charge in [-0.1, -0.05) is 6.92 Å². The van der Waals surface area contributed by atoms with E-state index in [0.717, 1.165) is 13.0 Å². The molecular weight excluding hydrogens is 232 g/mol. The van der Waals surface area contributed by atoms with Gasteiger partial charge in [0, 0.05) is 25.5 Å². The molecule has 6 nitrogen and oxygen atoms in total. The summed E-state index contributed by atoms with van der Waals surface area (Å²) in [6.45, 7) is 3.44. The minimum Gasteiger partial charge on any atom is -0.337 e. The third-order valence-electron chi connectivity index (χ3n) is 3.13. The van der Waals surface area contributed by atoms with Gasteiger partial charge in [0.15, 0.2) is 0 Å². The quantitative estimate of drug-likeness (QED) is 0.748. The smallest absolute Gasteiger partial charge is 0.246 e. The molecule has 1 saturated heterocycles. The highest BCUT2D eigenvalue weighted by Gasteiger charge is 2.32. The molecule has 0 aromatic carbocycles. The Morgan fingerprint density at radius 2 is 2.28 bits per heavy atom. The van der Waals surface area contributed by atoms with Gasteiger partial charge >= 0.3 is 0 Å². The summed E-state index contributed by atoms with van der Waals surface area (Å²) in [5, 5.41) is 2.95. The fourth-order valence-electron chi connectivity index (χ4n) is 2.09. The number of imidazole rings is 1. The molecule has 1 N–H and O–H groups in total. The van der Waals surface area contributed by atoms with Gasteiger partial charge in [-0.15, -0.1) is 0 Å². The average Bonchev–Trinajstić information content (AvgIpc) is 2.86. The van der Waals surface area contributed by atoms with Crippen LogP contribution >= 0.6 is 0 Å². The normalized spacial score (nSPS) is 20.5. The van der Waals surface area contributed by atoms with Crippen LogP contribution in [0.5, 0.6) is 0 Å². The Balaban J connectivity index is 1.86. The van der Waals surface area contributed by atoms with Gasteiger partial charge in [-0.2, -0.15) is 0 Å². The molecule has 1 atom stereocenters. The SMILES string of the molecule is CCC1NCC(=O)N(CCCn2ccnc2)C1=O. The van der Waals surface area contributed by atoms with Gasteiger partial charge in [0.1, 0.15) is 0 Å².